The molecule has 2 aromatic carbocycles. The van der Waals surface area contributed by atoms with Gasteiger partial charge in [-0.05, 0) is 30.2 Å². The van der Waals surface area contributed by atoms with Crippen molar-refractivity contribution in [2.45, 2.75) is 38.5 Å². The normalized spacial score (nSPS) is 16.1. The molecule has 1 heterocycles. The molecule has 1 aliphatic heterocycles. The summed E-state index contributed by atoms with van der Waals surface area (Å²) in [5.41, 5.74) is 1.65. The number of nitrogens with zero attached hydrogens (tertiary/aromatic N) is 2. The Bertz CT molecular complexity index is 939. The Morgan fingerprint density at radius 2 is 1.77 bits per heavy atom. The summed E-state index contributed by atoms with van der Waals surface area (Å²) in [7, 11) is 3.06. The van der Waals surface area contributed by atoms with Gasteiger partial charge < -0.3 is 9.47 Å². The van der Waals surface area contributed by atoms with E-state index in [0.29, 0.717) is 34.9 Å². The Hall–Kier alpha value is -3.15. The van der Waals surface area contributed by atoms with E-state index in [1.807, 2.05) is 12.1 Å². The number of carbonyl (C=O) groups is 2. The number of fused-ring (bicyclic) bond motifs is 1. The van der Waals surface area contributed by atoms with Crippen LogP contribution in [-0.2, 0) is 4.79 Å². The number of ether oxygens (including phenoxy) is 2. The number of methoxy groups -OCH3 is 2. The first kappa shape index (κ1) is 21.6. The summed E-state index contributed by atoms with van der Waals surface area (Å²) >= 11 is 0. The van der Waals surface area contributed by atoms with Gasteiger partial charge in [-0.25, -0.2) is 4.90 Å². The second kappa shape index (κ2) is 10.1. The topological polar surface area (TPSA) is 68.2 Å². The minimum absolute atomic E-state index is 0.316. The molecule has 1 aliphatic rings. The molecular formula is C24H28N2O4. The molecule has 2 amide bonds. The first-order valence-corrected chi connectivity index (χ1v) is 10.3. The average molecular weight is 408 g/mol. The van der Waals surface area contributed by atoms with Crippen LogP contribution in [0.5, 0.6) is 11.5 Å². The third kappa shape index (κ3) is 4.37. The molecule has 158 valence electrons. The van der Waals surface area contributed by atoms with Crippen molar-refractivity contribution in [2.75, 3.05) is 25.7 Å². The summed E-state index contributed by atoms with van der Waals surface area (Å²) in [6.07, 6.45) is 6.15. The van der Waals surface area contributed by atoms with Crippen LogP contribution in [0.1, 0.15) is 54.4 Å². The molecule has 3 rings (SSSR count). The van der Waals surface area contributed by atoms with Crippen molar-refractivity contribution in [3.05, 3.63) is 53.6 Å². The van der Waals surface area contributed by atoms with Crippen LogP contribution in [0.2, 0.25) is 0 Å². The number of unbranched alkanes of at least 4 members (excludes halogenated alkanes) is 3. The lowest BCUT2D eigenvalue weighted by molar-refractivity contribution is -0.118. The minimum Gasteiger partial charge on any atom is -0.493 e. The third-order valence-corrected chi connectivity index (χ3v) is 5.24. The highest BCUT2D eigenvalue weighted by Gasteiger charge is 2.39. The highest BCUT2D eigenvalue weighted by molar-refractivity contribution is 6.29. The fraction of sp³-hybridized carbons (Fsp3) is 0.375. The summed E-state index contributed by atoms with van der Waals surface area (Å²) in [4.78, 5) is 32.2. The summed E-state index contributed by atoms with van der Waals surface area (Å²) in [6.45, 7) is 2.84. The molecule has 0 N–H and O–H groups in total. The molecule has 6 heteroatoms. The van der Waals surface area contributed by atoms with Gasteiger partial charge in [-0.3, -0.25) is 14.6 Å². The van der Waals surface area contributed by atoms with Gasteiger partial charge in [-0.1, -0.05) is 44.4 Å². The molecule has 2 aromatic rings. The van der Waals surface area contributed by atoms with Gasteiger partial charge in [0.2, 0.25) is 5.91 Å². The van der Waals surface area contributed by atoms with E-state index in [2.05, 4.69) is 11.9 Å². The molecule has 30 heavy (non-hydrogen) atoms. The molecule has 0 aromatic heterocycles. The van der Waals surface area contributed by atoms with Gasteiger partial charge >= 0.3 is 0 Å². The Kier molecular flexibility index (Phi) is 7.22. The Labute approximate surface area is 177 Å². The first-order chi connectivity index (χ1) is 14.6. The summed E-state index contributed by atoms with van der Waals surface area (Å²) < 4.78 is 10.6. The van der Waals surface area contributed by atoms with E-state index in [-0.39, 0.29) is 11.8 Å². The van der Waals surface area contributed by atoms with E-state index in [1.54, 1.807) is 36.5 Å². The molecule has 0 saturated carbocycles. The minimum atomic E-state index is -0.599. The maximum Gasteiger partial charge on any atom is 0.265 e. The van der Waals surface area contributed by atoms with Gasteiger partial charge in [0, 0.05) is 24.4 Å². The van der Waals surface area contributed by atoms with E-state index < -0.39 is 5.92 Å². The molecule has 0 bridgehead atoms. The average Bonchev–Trinajstić information content (AvgIpc) is 2.78. The fourth-order valence-electron chi connectivity index (χ4n) is 3.62. The van der Waals surface area contributed by atoms with E-state index >= 15 is 0 Å². The van der Waals surface area contributed by atoms with Crippen LogP contribution in [0.25, 0.3) is 0 Å². The lowest BCUT2D eigenvalue weighted by Crippen LogP contribution is -2.45. The number of imide groups is 1. The predicted octanol–water partition coefficient (Wildman–Crippen LogP) is 4.63. The van der Waals surface area contributed by atoms with Gasteiger partial charge in [0.25, 0.3) is 5.91 Å². The zero-order chi connectivity index (χ0) is 21.5. The van der Waals surface area contributed by atoms with Crippen molar-refractivity contribution in [1.82, 2.24) is 0 Å². The van der Waals surface area contributed by atoms with E-state index in [1.165, 1.54) is 32.0 Å². The van der Waals surface area contributed by atoms with Crippen molar-refractivity contribution >= 4 is 23.7 Å². The molecule has 1 atom stereocenters. The van der Waals surface area contributed by atoms with Gasteiger partial charge in [0.05, 0.1) is 25.8 Å². The van der Waals surface area contributed by atoms with Crippen molar-refractivity contribution in [1.29, 1.82) is 0 Å². The molecule has 6 nitrogen and oxygen atoms in total. The number of hydrogen-bond donors (Lipinski definition) is 0. The Balaban J connectivity index is 1.93. The first-order valence-electron chi connectivity index (χ1n) is 10.3. The van der Waals surface area contributed by atoms with Crippen LogP contribution in [0.15, 0.2) is 47.5 Å². The lowest BCUT2D eigenvalue weighted by Gasteiger charge is -2.31. The SMILES string of the molecule is CCCCCCN=CC1C(=O)N(c2ccc(OC)c(OC)c2)C(=O)c2ccccc21. The summed E-state index contributed by atoms with van der Waals surface area (Å²) in [5.74, 6) is -0.281. The smallest absolute Gasteiger partial charge is 0.265 e. The molecule has 0 radical (unpaired) electrons. The van der Waals surface area contributed by atoms with Crippen LogP contribution in [0, 0.1) is 0 Å². The van der Waals surface area contributed by atoms with Gasteiger partial charge in [-0.15, -0.1) is 0 Å². The van der Waals surface area contributed by atoms with Gasteiger partial charge in [-0.2, -0.15) is 0 Å². The van der Waals surface area contributed by atoms with E-state index in [9.17, 15) is 9.59 Å². The standard InChI is InChI=1S/C24H28N2O4/c1-4-5-6-9-14-25-16-20-18-10-7-8-11-19(18)23(27)26(24(20)28)17-12-13-21(29-2)22(15-17)30-3/h7-8,10-13,15-16,20H,4-6,9,14H2,1-3H3. The van der Waals surface area contributed by atoms with Crippen LogP contribution >= 0.6 is 0 Å². The fourth-order valence-corrected chi connectivity index (χ4v) is 3.62. The van der Waals surface area contributed by atoms with Crippen molar-refractivity contribution < 1.29 is 19.1 Å². The Morgan fingerprint density at radius 3 is 2.50 bits per heavy atom. The predicted molar refractivity (Wildman–Crippen MR) is 118 cm³/mol. The van der Waals surface area contributed by atoms with Crippen molar-refractivity contribution in [3.63, 3.8) is 0 Å². The zero-order valence-corrected chi connectivity index (χ0v) is 17.8. The molecule has 1 unspecified atom stereocenters. The summed E-state index contributed by atoms with van der Waals surface area (Å²) in [5, 5.41) is 0. The van der Waals surface area contributed by atoms with Gasteiger partial charge in [0.15, 0.2) is 11.5 Å². The maximum absolute atomic E-state index is 13.4. The monoisotopic (exact) mass is 408 g/mol. The van der Waals surface area contributed by atoms with Crippen LogP contribution < -0.4 is 14.4 Å². The van der Waals surface area contributed by atoms with Crippen molar-refractivity contribution in [3.8, 4) is 11.5 Å². The quantitative estimate of drug-likeness (QED) is 0.345. The number of rotatable bonds is 9. The van der Waals surface area contributed by atoms with Crippen LogP contribution in [0.4, 0.5) is 5.69 Å². The highest BCUT2D eigenvalue weighted by Crippen LogP contribution is 2.36. The van der Waals surface area contributed by atoms with Crippen LogP contribution in [0.3, 0.4) is 0 Å². The van der Waals surface area contributed by atoms with Gasteiger partial charge in [0.1, 0.15) is 0 Å². The Morgan fingerprint density at radius 1 is 1.00 bits per heavy atom. The maximum atomic E-state index is 13.4. The number of aliphatic imine (C=N–C) groups is 1. The summed E-state index contributed by atoms with van der Waals surface area (Å²) in [6, 6.07) is 12.2. The molecule has 0 saturated heterocycles. The zero-order valence-electron chi connectivity index (χ0n) is 17.8. The number of hydrogen-bond acceptors (Lipinski definition) is 5. The highest BCUT2D eigenvalue weighted by atomic mass is 16.5. The second-order valence-electron chi connectivity index (χ2n) is 7.20. The lowest BCUT2D eigenvalue weighted by atomic mass is 9.89. The molecule has 0 spiro atoms. The number of carbonyl (C=O) groups excluding carboxylic acids is 2. The van der Waals surface area contributed by atoms with E-state index in [0.717, 1.165) is 12.8 Å². The number of amides is 2. The number of anilines is 1. The van der Waals surface area contributed by atoms with Crippen molar-refractivity contribution in [2.24, 2.45) is 4.99 Å². The third-order valence-electron chi connectivity index (χ3n) is 5.24. The molecule has 0 aliphatic carbocycles. The second-order valence-corrected chi connectivity index (χ2v) is 7.20. The largest absolute Gasteiger partial charge is 0.493 e. The van der Waals surface area contributed by atoms with E-state index in [4.69, 9.17) is 9.47 Å². The van der Waals surface area contributed by atoms with Crippen LogP contribution in [-0.4, -0.2) is 38.8 Å². The molecule has 0 fully saturated rings. The number of benzene rings is 2. The molecular weight excluding hydrogens is 380 g/mol.